The third-order valence-corrected chi connectivity index (χ3v) is 2.77. The second kappa shape index (κ2) is 6.17. The van der Waals surface area contributed by atoms with Crippen molar-refractivity contribution in [3.8, 4) is 0 Å². The van der Waals surface area contributed by atoms with Crippen molar-refractivity contribution in [3.63, 3.8) is 0 Å². The Kier molecular flexibility index (Phi) is 4.85. The number of hydrogen-bond donors (Lipinski definition) is 3. The Bertz CT molecular complexity index is 459. The van der Waals surface area contributed by atoms with E-state index in [1.807, 2.05) is 0 Å². The molecule has 0 spiro atoms. The fraction of sp³-hybridized carbons (Fsp3) is 0.636. The average molecular weight is 270 g/mol. The first-order valence-electron chi connectivity index (χ1n) is 5.96. The highest BCUT2D eigenvalue weighted by molar-refractivity contribution is 5.85. The summed E-state index contributed by atoms with van der Waals surface area (Å²) in [7, 11) is 0. The fourth-order valence-electron chi connectivity index (χ4n) is 1.32. The van der Waals surface area contributed by atoms with Gasteiger partial charge in [-0.2, -0.15) is 4.98 Å². The summed E-state index contributed by atoms with van der Waals surface area (Å²) in [4.78, 5) is 26.6. The molecule has 1 unspecified atom stereocenters. The molecule has 19 heavy (non-hydrogen) atoms. The largest absolute Gasteiger partial charge is 0.480 e. The van der Waals surface area contributed by atoms with Crippen LogP contribution in [-0.4, -0.2) is 39.3 Å². The quantitative estimate of drug-likeness (QED) is 0.691. The predicted molar refractivity (Wildman–Crippen MR) is 65.6 cm³/mol. The van der Waals surface area contributed by atoms with Gasteiger partial charge in [-0.15, -0.1) is 0 Å². The molecule has 0 fully saturated rings. The van der Waals surface area contributed by atoms with Crippen molar-refractivity contribution in [2.75, 3.05) is 6.54 Å². The number of nitrogens with zero attached hydrogens (tertiary/aromatic N) is 2. The maximum absolute atomic E-state index is 11.6. The van der Waals surface area contributed by atoms with Gasteiger partial charge < -0.3 is 20.3 Å². The zero-order valence-electron chi connectivity index (χ0n) is 11.2. The zero-order valence-corrected chi connectivity index (χ0v) is 11.2. The number of hydrogen-bond acceptors (Lipinski definition) is 5. The number of aromatic nitrogens is 2. The van der Waals surface area contributed by atoms with Crippen LogP contribution in [0.4, 0.5) is 4.79 Å². The molecule has 1 rings (SSSR count). The Hall–Kier alpha value is -2.12. The number of urea groups is 1. The van der Waals surface area contributed by atoms with E-state index in [1.54, 1.807) is 13.8 Å². The van der Waals surface area contributed by atoms with Gasteiger partial charge in [0.1, 0.15) is 5.54 Å². The van der Waals surface area contributed by atoms with Gasteiger partial charge in [0.25, 0.3) is 0 Å². The lowest BCUT2D eigenvalue weighted by atomic mass is 10.00. The van der Waals surface area contributed by atoms with Crippen LogP contribution in [0.2, 0.25) is 0 Å². The average Bonchev–Trinajstić information content (AvgIpc) is 2.74. The lowest BCUT2D eigenvalue weighted by Crippen LogP contribution is -2.55. The smallest absolute Gasteiger partial charge is 0.329 e. The molecular formula is C11H18N4O4. The minimum absolute atomic E-state index is 0.291. The van der Waals surface area contributed by atoms with Crippen molar-refractivity contribution in [2.45, 2.75) is 39.2 Å². The third kappa shape index (κ3) is 4.23. The molecule has 0 aliphatic heterocycles. The van der Waals surface area contributed by atoms with Crippen LogP contribution < -0.4 is 10.6 Å². The molecule has 3 N–H and O–H groups in total. The Morgan fingerprint density at radius 1 is 1.47 bits per heavy atom. The summed E-state index contributed by atoms with van der Waals surface area (Å²) in [6.45, 7) is 5.12. The molecule has 1 aromatic heterocycles. The number of aliphatic carboxylic acids is 1. The Labute approximate surface area is 110 Å². The molecule has 1 heterocycles. The summed E-state index contributed by atoms with van der Waals surface area (Å²) in [5, 5.41) is 17.7. The van der Waals surface area contributed by atoms with Crippen LogP contribution >= 0.6 is 0 Å². The molecule has 2 amide bonds. The van der Waals surface area contributed by atoms with E-state index in [-0.39, 0.29) is 0 Å². The fourth-order valence-corrected chi connectivity index (χ4v) is 1.32. The van der Waals surface area contributed by atoms with E-state index in [2.05, 4.69) is 20.8 Å². The van der Waals surface area contributed by atoms with E-state index in [4.69, 9.17) is 9.63 Å². The second-order valence-electron chi connectivity index (χ2n) is 4.35. The summed E-state index contributed by atoms with van der Waals surface area (Å²) in [5.74, 6) is -0.114. The SMILES string of the molecule is CCC(C)(NC(=O)NCCc1noc(C)n1)C(=O)O. The molecule has 1 aromatic rings. The van der Waals surface area contributed by atoms with Gasteiger partial charge in [0.05, 0.1) is 0 Å². The molecule has 0 aromatic carbocycles. The Balaban J connectivity index is 2.37. The molecular weight excluding hydrogens is 252 g/mol. The molecule has 0 saturated heterocycles. The highest BCUT2D eigenvalue weighted by atomic mass is 16.5. The molecule has 106 valence electrons. The number of carboxylic acid groups (broad SMARTS) is 1. The zero-order chi connectivity index (χ0) is 14.5. The molecule has 0 aliphatic rings. The topological polar surface area (TPSA) is 117 Å². The van der Waals surface area contributed by atoms with E-state index in [0.717, 1.165) is 0 Å². The van der Waals surface area contributed by atoms with Crippen LogP contribution in [0.3, 0.4) is 0 Å². The van der Waals surface area contributed by atoms with Crippen LogP contribution in [-0.2, 0) is 11.2 Å². The van der Waals surface area contributed by atoms with Crippen LogP contribution in [0.15, 0.2) is 4.52 Å². The number of carbonyl (C=O) groups excluding carboxylic acids is 1. The highest BCUT2D eigenvalue weighted by Gasteiger charge is 2.32. The number of carbonyl (C=O) groups is 2. The maximum Gasteiger partial charge on any atom is 0.329 e. The van der Waals surface area contributed by atoms with E-state index < -0.39 is 17.5 Å². The van der Waals surface area contributed by atoms with Gasteiger partial charge in [0.15, 0.2) is 5.82 Å². The van der Waals surface area contributed by atoms with Crippen molar-refractivity contribution in [1.82, 2.24) is 20.8 Å². The first-order chi connectivity index (χ1) is 8.87. The van der Waals surface area contributed by atoms with Gasteiger partial charge in [0, 0.05) is 19.9 Å². The van der Waals surface area contributed by atoms with Gasteiger partial charge >= 0.3 is 12.0 Å². The van der Waals surface area contributed by atoms with Crippen LogP contribution in [0.1, 0.15) is 32.0 Å². The molecule has 8 nitrogen and oxygen atoms in total. The Morgan fingerprint density at radius 2 is 2.16 bits per heavy atom. The van der Waals surface area contributed by atoms with Crippen molar-refractivity contribution >= 4 is 12.0 Å². The van der Waals surface area contributed by atoms with Gasteiger partial charge in [-0.25, -0.2) is 9.59 Å². The predicted octanol–water partition coefficient (Wildman–Crippen LogP) is 0.473. The summed E-state index contributed by atoms with van der Waals surface area (Å²) in [6, 6.07) is -0.535. The van der Waals surface area contributed by atoms with E-state index in [1.165, 1.54) is 6.92 Å². The van der Waals surface area contributed by atoms with Gasteiger partial charge in [0.2, 0.25) is 5.89 Å². The minimum atomic E-state index is -1.27. The highest BCUT2D eigenvalue weighted by Crippen LogP contribution is 2.08. The third-order valence-electron chi connectivity index (χ3n) is 2.77. The van der Waals surface area contributed by atoms with E-state index >= 15 is 0 Å². The molecule has 0 aliphatic carbocycles. The van der Waals surface area contributed by atoms with Crippen LogP contribution in [0, 0.1) is 6.92 Å². The standard InChI is InChI=1S/C11H18N4O4/c1-4-11(3,9(16)17)14-10(18)12-6-5-8-13-7(2)19-15-8/h4-6H2,1-3H3,(H,16,17)(H2,12,14,18). The number of amides is 2. The molecule has 8 heteroatoms. The number of rotatable bonds is 6. The summed E-state index contributed by atoms with van der Waals surface area (Å²) in [5.41, 5.74) is -1.27. The van der Waals surface area contributed by atoms with E-state index in [0.29, 0.717) is 31.1 Å². The number of nitrogens with one attached hydrogen (secondary N) is 2. The minimum Gasteiger partial charge on any atom is -0.480 e. The summed E-state index contributed by atoms with van der Waals surface area (Å²) >= 11 is 0. The molecule has 1 atom stereocenters. The van der Waals surface area contributed by atoms with E-state index in [9.17, 15) is 9.59 Å². The Morgan fingerprint density at radius 3 is 2.63 bits per heavy atom. The van der Waals surface area contributed by atoms with Crippen molar-refractivity contribution in [3.05, 3.63) is 11.7 Å². The summed E-state index contributed by atoms with van der Waals surface area (Å²) < 4.78 is 4.78. The van der Waals surface area contributed by atoms with Crippen molar-refractivity contribution < 1.29 is 19.2 Å². The number of carboxylic acids is 1. The maximum atomic E-state index is 11.6. The molecule has 0 bridgehead atoms. The molecule has 0 saturated carbocycles. The second-order valence-corrected chi connectivity index (χ2v) is 4.35. The lowest BCUT2D eigenvalue weighted by Gasteiger charge is -2.24. The van der Waals surface area contributed by atoms with Crippen molar-refractivity contribution in [1.29, 1.82) is 0 Å². The van der Waals surface area contributed by atoms with Crippen LogP contribution in [0.25, 0.3) is 0 Å². The lowest BCUT2D eigenvalue weighted by molar-refractivity contribution is -0.143. The summed E-state index contributed by atoms with van der Waals surface area (Å²) in [6.07, 6.45) is 0.709. The monoisotopic (exact) mass is 270 g/mol. The first kappa shape index (κ1) is 14.9. The van der Waals surface area contributed by atoms with Crippen LogP contribution in [0.5, 0.6) is 0 Å². The van der Waals surface area contributed by atoms with Gasteiger partial charge in [-0.1, -0.05) is 12.1 Å². The van der Waals surface area contributed by atoms with Gasteiger partial charge in [-0.3, -0.25) is 0 Å². The van der Waals surface area contributed by atoms with Crippen molar-refractivity contribution in [2.24, 2.45) is 0 Å². The normalized spacial score (nSPS) is 13.6. The first-order valence-corrected chi connectivity index (χ1v) is 5.96. The number of aryl methyl sites for hydroxylation is 1. The van der Waals surface area contributed by atoms with Gasteiger partial charge in [-0.05, 0) is 13.3 Å². The molecule has 0 radical (unpaired) electrons.